The van der Waals surface area contributed by atoms with Gasteiger partial charge in [0.1, 0.15) is 0 Å². The predicted octanol–water partition coefficient (Wildman–Crippen LogP) is 1.84. The Hall–Kier alpha value is -1.58. The molecule has 1 heterocycles. The molecule has 0 spiro atoms. The molecular formula is C12H15NO3. The lowest BCUT2D eigenvalue weighted by atomic mass is 9.74. The average Bonchev–Trinajstić information content (AvgIpc) is 2.19. The molecule has 0 bridgehead atoms. The number of carboxylic acids is 1. The van der Waals surface area contributed by atoms with Gasteiger partial charge in [0.15, 0.2) is 0 Å². The molecule has 0 atom stereocenters. The van der Waals surface area contributed by atoms with E-state index >= 15 is 0 Å². The topological polar surface area (TPSA) is 59.3 Å². The summed E-state index contributed by atoms with van der Waals surface area (Å²) in [6.07, 6.45) is 5.39. The molecule has 1 N–H and O–H groups in total. The van der Waals surface area contributed by atoms with Crippen LogP contribution in [0.3, 0.4) is 0 Å². The van der Waals surface area contributed by atoms with E-state index in [0.29, 0.717) is 0 Å². The molecule has 1 fully saturated rings. The molecule has 0 aromatic carbocycles. The molecule has 1 aliphatic rings. The van der Waals surface area contributed by atoms with E-state index in [1.807, 2.05) is 6.92 Å². The van der Waals surface area contributed by atoms with Gasteiger partial charge in [-0.15, -0.1) is 0 Å². The zero-order valence-corrected chi connectivity index (χ0v) is 9.27. The summed E-state index contributed by atoms with van der Waals surface area (Å²) in [7, 11) is 0. The molecule has 0 aliphatic heterocycles. The van der Waals surface area contributed by atoms with Crippen LogP contribution >= 0.6 is 0 Å². The SMILES string of the molecule is CCC1(n2cc(C(=O)O)ccc2=O)CCC1. The molecule has 4 heteroatoms. The van der Waals surface area contributed by atoms with Gasteiger partial charge in [-0.2, -0.15) is 0 Å². The molecule has 0 saturated heterocycles. The molecule has 1 saturated carbocycles. The molecule has 4 nitrogen and oxygen atoms in total. The van der Waals surface area contributed by atoms with Crippen LogP contribution in [0.15, 0.2) is 23.1 Å². The van der Waals surface area contributed by atoms with E-state index in [1.54, 1.807) is 4.57 Å². The number of aromatic carboxylic acids is 1. The van der Waals surface area contributed by atoms with Crippen molar-refractivity contribution in [3.05, 3.63) is 34.2 Å². The first kappa shape index (κ1) is 10.9. The van der Waals surface area contributed by atoms with Crippen LogP contribution in [0, 0.1) is 0 Å². The molecule has 0 radical (unpaired) electrons. The number of rotatable bonds is 3. The van der Waals surface area contributed by atoms with Gasteiger partial charge in [-0.25, -0.2) is 4.79 Å². The number of hydrogen-bond acceptors (Lipinski definition) is 2. The number of pyridine rings is 1. The van der Waals surface area contributed by atoms with Crippen LogP contribution < -0.4 is 5.56 Å². The summed E-state index contributed by atoms with van der Waals surface area (Å²) in [5.41, 5.74) is -0.0615. The first-order valence-electron chi connectivity index (χ1n) is 5.55. The van der Waals surface area contributed by atoms with Crippen molar-refractivity contribution < 1.29 is 9.90 Å². The molecule has 1 aromatic heterocycles. The number of nitrogens with zero attached hydrogens (tertiary/aromatic N) is 1. The van der Waals surface area contributed by atoms with Gasteiger partial charge in [0.25, 0.3) is 5.56 Å². The number of aromatic nitrogens is 1. The van der Waals surface area contributed by atoms with Crippen molar-refractivity contribution in [1.82, 2.24) is 4.57 Å². The highest BCUT2D eigenvalue weighted by atomic mass is 16.4. The third-order valence-corrected chi connectivity index (χ3v) is 3.61. The summed E-state index contributed by atoms with van der Waals surface area (Å²) in [4.78, 5) is 22.6. The number of hydrogen-bond donors (Lipinski definition) is 1. The van der Waals surface area contributed by atoms with Crippen LogP contribution in [0.25, 0.3) is 0 Å². The van der Waals surface area contributed by atoms with Gasteiger partial charge in [0.2, 0.25) is 0 Å². The molecule has 2 rings (SSSR count). The molecule has 1 aliphatic carbocycles. The fourth-order valence-electron chi connectivity index (χ4n) is 2.33. The van der Waals surface area contributed by atoms with Crippen molar-refractivity contribution in [2.24, 2.45) is 0 Å². The predicted molar refractivity (Wildman–Crippen MR) is 59.8 cm³/mol. The minimum absolute atomic E-state index is 0.105. The van der Waals surface area contributed by atoms with E-state index in [2.05, 4.69) is 0 Å². The minimum atomic E-state index is -0.987. The van der Waals surface area contributed by atoms with Gasteiger partial charge < -0.3 is 9.67 Å². The second-order valence-corrected chi connectivity index (χ2v) is 4.36. The summed E-state index contributed by atoms with van der Waals surface area (Å²) in [6.45, 7) is 2.04. The third-order valence-electron chi connectivity index (χ3n) is 3.61. The largest absolute Gasteiger partial charge is 0.478 e. The smallest absolute Gasteiger partial charge is 0.337 e. The lowest BCUT2D eigenvalue weighted by Crippen LogP contribution is -2.45. The Labute approximate surface area is 93.5 Å². The van der Waals surface area contributed by atoms with Crippen LogP contribution in [-0.2, 0) is 5.54 Å². The normalized spacial score (nSPS) is 17.8. The standard InChI is InChI=1S/C12H15NO3/c1-2-12(6-3-7-12)13-8-9(11(15)16)4-5-10(13)14/h4-5,8H,2-3,6-7H2,1H3,(H,15,16). The van der Waals surface area contributed by atoms with Crippen molar-refractivity contribution in [2.75, 3.05) is 0 Å². The van der Waals surface area contributed by atoms with Crippen LogP contribution in [-0.4, -0.2) is 15.6 Å². The van der Waals surface area contributed by atoms with Gasteiger partial charge in [-0.3, -0.25) is 4.79 Å². The average molecular weight is 221 g/mol. The molecule has 86 valence electrons. The number of carboxylic acid groups (broad SMARTS) is 1. The lowest BCUT2D eigenvalue weighted by Gasteiger charge is -2.43. The fraction of sp³-hybridized carbons (Fsp3) is 0.500. The summed E-state index contributed by atoms with van der Waals surface area (Å²) in [5, 5.41) is 8.91. The van der Waals surface area contributed by atoms with Crippen LogP contribution in [0.4, 0.5) is 0 Å². The van der Waals surface area contributed by atoms with E-state index in [1.165, 1.54) is 18.3 Å². The maximum Gasteiger partial charge on any atom is 0.337 e. The van der Waals surface area contributed by atoms with Gasteiger partial charge >= 0.3 is 5.97 Å². The minimum Gasteiger partial charge on any atom is -0.478 e. The second kappa shape index (κ2) is 3.77. The van der Waals surface area contributed by atoms with Gasteiger partial charge in [-0.05, 0) is 31.7 Å². The molecular weight excluding hydrogens is 206 g/mol. The van der Waals surface area contributed by atoms with E-state index in [-0.39, 0.29) is 16.7 Å². The molecule has 1 aromatic rings. The van der Waals surface area contributed by atoms with E-state index < -0.39 is 5.97 Å². The Morgan fingerprint density at radius 3 is 2.62 bits per heavy atom. The Morgan fingerprint density at radius 2 is 2.19 bits per heavy atom. The van der Waals surface area contributed by atoms with E-state index in [0.717, 1.165) is 25.7 Å². The van der Waals surface area contributed by atoms with Crippen molar-refractivity contribution >= 4 is 5.97 Å². The summed E-state index contributed by atoms with van der Waals surface area (Å²) in [5.74, 6) is -0.987. The fourth-order valence-corrected chi connectivity index (χ4v) is 2.33. The maximum absolute atomic E-state index is 11.8. The Kier molecular flexibility index (Phi) is 2.58. The van der Waals surface area contributed by atoms with Gasteiger partial charge in [0.05, 0.1) is 5.56 Å². The molecule has 0 amide bonds. The van der Waals surface area contributed by atoms with E-state index in [9.17, 15) is 9.59 Å². The highest BCUT2D eigenvalue weighted by Gasteiger charge is 2.37. The maximum atomic E-state index is 11.8. The highest BCUT2D eigenvalue weighted by molar-refractivity contribution is 5.87. The quantitative estimate of drug-likeness (QED) is 0.847. The summed E-state index contributed by atoms with van der Waals surface area (Å²) >= 11 is 0. The van der Waals surface area contributed by atoms with Crippen molar-refractivity contribution in [3.8, 4) is 0 Å². The van der Waals surface area contributed by atoms with Crippen molar-refractivity contribution in [2.45, 2.75) is 38.1 Å². The number of carbonyl (C=O) groups is 1. The summed E-state index contributed by atoms with van der Waals surface area (Å²) in [6, 6.07) is 2.71. The van der Waals surface area contributed by atoms with Crippen LogP contribution in [0.2, 0.25) is 0 Å². The summed E-state index contributed by atoms with van der Waals surface area (Å²) < 4.78 is 1.61. The van der Waals surface area contributed by atoms with Gasteiger partial charge in [-0.1, -0.05) is 6.92 Å². The molecule has 16 heavy (non-hydrogen) atoms. The Balaban J connectivity index is 2.51. The van der Waals surface area contributed by atoms with Gasteiger partial charge in [0, 0.05) is 17.8 Å². The Morgan fingerprint density at radius 1 is 1.50 bits per heavy atom. The second-order valence-electron chi connectivity index (χ2n) is 4.36. The monoisotopic (exact) mass is 221 g/mol. The van der Waals surface area contributed by atoms with E-state index in [4.69, 9.17) is 5.11 Å². The van der Waals surface area contributed by atoms with Crippen LogP contribution in [0.5, 0.6) is 0 Å². The first-order chi connectivity index (χ1) is 7.59. The van der Waals surface area contributed by atoms with Crippen LogP contribution in [0.1, 0.15) is 43.0 Å². The van der Waals surface area contributed by atoms with Crippen molar-refractivity contribution in [3.63, 3.8) is 0 Å². The zero-order valence-electron chi connectivity index (χ0n) is 9.27. The zero-order chi connectivity index (χ0) is 11.8. The van der Waals surface area contributed by atoms with Crippen molar-refractivity contribution in [1.29, 1.82) is 0 Å². The molecule has 0 unspecified atom stereocenters. The first-order valence-corrected chi connectivity index (χ1v) is 5.55. The lowest BCUT2D eigenvalue weighted by molar-refractivity contribution is 0.0692. The Bertz CT molecular complexity index is 466. The highest BCUT2D eigenvalue weighted by Crippen LogP contribution is 2.40. The third kappa shape index (κ3) is 1.54.